The number of carbonyl (C=O) groups excluding carboxylic acids is 1. The quantitative estimate of drug-likeness (QED) is 0.631. The average molecular weight is 382 g/mol. The fraction of sp³-hybridized carbons (Fsp3) is 0.118. The molecule has 0 N–H and O–H groups in total. The third-order valence-electron chi connectivity index (χ3n) is 3.52. The predicted octanol–water partition coefficient (Wildman–Crippen LogP) is 4.39. The minimum absolute atomic E-state index is 0.0240. The van der Waals surface area contributed by atoms with Gasteiger partial charge in [-0.2, -0.15) is 18.3 Å². The first-order chi connectivity index (χ1) is 12.3. The Balaban J connectivity index is 2.18. The van der Waals surface area contributed by atoms with Crippen LogP contribution in [0.3, 0.4) is 0 Å². The van der Waals surface area contributed by atoms with Crippen LogP contribution in [-0.4, -0.2) is 27.8 Å². The number of hydrogen-bond donors (Lipinski definition) is 0. The van der Waals surface area contributed by atoms with Crippen molar-refractivity contribution < 1.29 is 22.7 Å². The van der Waals surface area contributed by atoms with Crippen molar-refractivity contribution in [1.29, 1.82) is 0 Å². The van der Waals surface area contributed by atoms with E-state index in [9.17, 15) is 18.0 Å². The molecule has 0 aliphatic carbocycles. The number of carbonyl (C=O) groups is 1. The zero-order chi connectivity index (χ0) is 18.9. The van der Waals surface area contributed by atoms with Gasteiger partial charge in [0.1, 0.15) is 0 Å². The Bertz CT molecular complexity index is 956. The maximum Gasteiger partial charge on any atom is 0.417 e. The third kappa shape index (κ3) is 3.41. The molecule has 0 saturated carbocycles. The molecule has 9 heteroatoms. The van der Waals surface area contributed by atoms with Gasteiger partial charge in [-0.15, -0.1) is 0 Å². The lowest BCUT2D eigenvalue weighted by molar-refractivity contribution is -0.137. The molecule has 0 unspecified atom stereocenters. The van der Waals surface area contributed by atoms with Crippen LogP contribution >= 0.6 is 11.6 Å². The Kier molecular flexibility index (Phi) is 4.69. The third-order valence-corrected chi connectivity index (χ3v) is 3.80. The van der Waals surface area contributed by atoms with E-state index >= 15 is 0 Å². The highest BCUT2D eigenvalue weighted by atomic mass is 35.5. The number of hydrogen-bond acceptors (Lipinski definition) is 4. The van der Waals surface area contributed by atoms with Crippen LogP contribution in [0.5, 0.6) is 0 Å². The van der Waals surface area contributed by atoms with E-state index in [1.54, 1.807) is 30.3 Å². The Labute approximate surface area is 151 Å². The highest BCUT2D eigenvalue weighted by Crippen LogP contribution is 2.33. The van der Waals surface area contributed by atoms with Crippen molar-refractivity contribution in [3.05, 3.63) is 64.9 Å². The van der Waals surface area contributed by atoms with Crippen molar-refractivity contribution in [2.75, 3.05) is 7.11 Å². The van der Waals surface area contributed by atoms with Crippen molar-refractivity contribution in [3.8, 4) is 17.1 Å². The fourth-order valence-electron chi connectivity index (χ4n) is 2.30. The van der Waals surface area contributed by atoms with E-state index in [4.69, 9.17) is 11.6 Å². The summed E-state index contributed by atoms with van der Waals surface area (Å²) in [5, 5.41) is 3.84. The zero-order valence-electron chi connectivity index (χ0n) is 13.3. The smallest absolute Gasteiger partial charge is 0.417 e. The van der Waals surface area contributed by atoms with E-state index < -0.39 is 17.7 Å². The van der Waals surface area contributed by atoms with Gasteiger partial charge in [-0.3, -0.25) is 0 Å². The Hall–Kier alpha value is -2.87. The van der Waals surface area contributed by atoms with Gasteiger partial charge < -0.3 is 4.74 Å². The number of methoxy groups -OCH3 is 1. The normalized spacial score (nSPS) is 11.4. The molecule has 0 atom stereocenters. The lowest BCUT2D eigenvalue weighted by atomic mass is 10.1. The Morgan fingerprint density at radius 2 is 1.88 bits per heavy atom. The van der Waals surface area contributed by atoms with Crippen molar-refractivity contribution in [2.45, 2.75) is 6.18 Å². The first-order valence-corrected chi connectivity index (χ1v) is 7.66. The topological polar surface area (TPSA) is 57.0 Å². The van der Waals surface area contributed by atoms with Gasteiger partial charge in [-0.1, -0.05) is 41.9 Å². The number of benzene rings is 1. The molecule has 5 nitrogen and oxygen atoms in total. The summed E-state index contributed by atoms with van der Waals surface area (Å²) in [5.74, 6) is -0.724. The van der Waals surface area contributed by atoms with E-state index in [0.29, 0.717) is 17.5 Å². The second-order valence-electron chi connectivity index (χ2n) is 5.21. The molecule has 134 valence electrons. The fourth-order valence-corrected chi connectivity index (χ4v) is 2.55. The Morgan fingerprint density at radius 3 is 2.46 bits per heavy atom. The van der Waals surface area contributed by atoms with Crippen molar-refractivity contribution in [3.63, 3.8) is 0 Å². The van der Waals surface area contributed by atoms with Gasteiger partial charge in [0, 0.05) is 11.8 Å². The van der Waals surface area contributed by atoms with Crippen LogP contribution in [0.1, 0.15) is 16.1 Å². The van der Waals surface area contributed by atoms with Crippen molar-refractivity contribution in [1.82, 2.24) is 14.8 Å². The number of ether oxygens (including phenoxy) is 1. The van der Waals surface area contributed by atoms with E-state index in [1.165, 1.54) is 17.9 Å². The van der Waals surface area contributed by atoms with Crippen molar-refractivity contribution >= 4 is 17.6 Å². The maximum atomic E-state index is 12.8. The van der Waals surface area contributed by atoms with Gasteiger partial charge in [0.05, 0.1) is 23.4 Å². The molecule has 3 rings (SSSR count). The van der Waals surface area contributed by atoms with Crippen LogP contribution in [0.25, 0.3) is 17.1 Å². The summed E-state index contributed by atoms with van der Waals surface area (Å²) in [5.41, 5.74) is 0.102. The minimum Gasteiger partial charge on any atom is -0.464 e. The largest absolute Gasteiger partial charge is 0.464 e. The van der Waals surface area contributed by atoms with Crippen molar-refractivity contribution in [2.24, 2.45) is 0 Å². The van der Waals surface area contributed by atoms with Crippen LogP contribution in [0.15, 0.2) is 48.7 Å². The molecule has 0 aliphatic heterocycles. The summed E-state index contributed by atoms with van der Waals surface area (Å²) in [6.45, 7) is 0. The van der Waals surface area contributed by atoms with Crippen LogP contribution in [0.4, 0.5) is 13.2 Å². The van der Waals surface area contributed by atoms with Gasteiger partial charge in [0.2, 0.25) is 0 Å². The second-order valence-corrected chi connectivity index (χ2v) is 5.62. The summed E-state index contributed by atoms with van der Waals surface area (Å²) in [6, 6.07) is 11.1. The van der Waals surface area contributed by atoms with Crippen LogP contribution in [0, 0.1) is 0 Å². The molecule has 0 radical (unpaired) electrons. The monoisotopic (exact) mass is 381 g/mol. The summed E-state index contributed by atoms with van der Waals surface area (Å²) < 4.78 is 44.3. The lowest BCUT2D eigenvalue weighted by Gasteiger charge is -2.11. The average Bonchev–Trinajstić information content (AvgIpc) is 3.06. The molecule has 3 aromatic rings. The molecule has 1 aromatic carbocycles. The summed E-state index contributed by atoms with van der Waals surface area (Å²) in [6.07, 6.45) is -3.91. The van der Waals surface area contributed by atoms with Gasteiger partial charge in [-0.25, -0.2) is 14.5 Å². The molecule has 0 amide bonds. The van der Waals surface area contributed by atoms with Gasteiger partial charge in [0.15, 0.2) is 11.5 Å². The molecule has 0 fully saturated rings. The Morgan fingerprint density at radius 1 is 1.19 bits per heavy atom. The first kappa shape index (κ1) is 17.9. The minimum atomic E-state index is -4.57. The summed E-state index contributed by atoms with van der Waals surface area (Å²) in [4.78, 5) is 15.6. The summed E-state index contributed by atoms with van der Waals surface area (Å²) >= 11 is 6.01. The van der Waals surface area contributed by atoms with Gasteiger partial charge in [0.25, 0.3) is 0 Å². The number of pyridine rings is 1. The van der Waals surface area contributed by atoms with E-state index in [0.717, 1.165) is 6.07 Å². The highest BCUT2D eigenvalue weighted by Gasteiger charge is 2.32. The van der Waals surface area contributed by atoms with Crippen LogP contribution in [-0.2, 0) is 10.9 Å². The number of aromatic nitrogens is 3. The molecular formula is C17H11ClF3N3O2. The number of esters is 1. The molecule has 0 bridgehead atoms. The molecular weight excluding hydrogens is 371 g/mol. The van der Waals surface area contributed by atoms with Gasteiger partial charge in [-0.05, 0) is 12.1 Å². The van der Waals surface area contributed by atoms with Gasteiger partial charge >= 0.3 is 12.1 Å². The SMILES string of the molecule is COC(=O)c1cc(-c2ccccc2)n(-c2ncc(C(F)(F)F)cc2Cl)n1. The predicted molar refractivity (Wildman–Crippen MR) is 88.1 cm³/mol. The zero-order valence-corrected chi connectivity index (χ0v) is 14.0. The van der Waals surface area contributed by atoms with E-state index in [1.807, 2.05) is 0 Å². The van der Waals surface area contributed by atoms with E-state index in [2.05, 4.69) is 14.8 Å². The molecule has 0 saturated heterocycles. The number of alkyl halides is 3. The standard InChI is InChI=1S/C17H11ClF3N3O2/c1-26-16(25)13-8-14(10-5-3-2-4-6-10)24(23-13)15-12(18)7-11(9-22-15)17(19,20)21/h2-9H,1H3. The lowest BCUT2D eigenvalue weighted by Crippen LogP contribution is -2.09. The molecule has 0 spiro atoms. The molecule has 26 heavy (non-hydrogen) atoms. The molecule has 2 heterocycles. The number of nitrogens with zero attached hydrogens (tertiary/aromatic N) is 3. The maximum absolute atomic E-state index is 12.8. The number of halogens is 4. The highest BCUT2D eigenvalue weighted by molar-refractivity contribution is 6.32. The molecule has 0 aliphatic rings. The van der Waals surface area contributed by atoms with Crippen LogP contribution in [0.2, 0.25) is 5.02 Å². The summed E-state index contributed by atoms with van der Waals surface area (Å²) in [7, 11) is 1.20. The van der Waals surface area contributed by atoms with E-state index in [-0.39, 0.29) is 16.5 Å². The van der Waals surface area contributed by atoms with Crippen LogP contribution < -0.4 is 0 Å². The first-order valence-electron chi connectivity index (χ1n) is 7.28. The number of rotatable bonds is 3. The molecule has 2 aromatic heterocycles. The second kappa shape index (κ2) is 6.80.